The van der Waals surface area contributed by atoms with Crippen LogP contribution in [0.25, 0.3) is 0 Å². The summed E-state index contributed by atoms with van der Waals surface area (Å²) in [4.78, 5) is 10.8. The SMILES string of the molecule is CCCOc1cccc(NCc2ccoc2)c1[N+](=O)[O-]. The number of rotatable bonds is 7. The molecule has 0 fully saturated rings. The monoisotopic (exact) mass is 276 g/mol. The maximum atomic E-state index is 11.2. The Morgan fingerprint density at radius 2 is 2.25 bits per heavy atom. The topological polar surface area (TPSA) is 77.5 Å². The molecule has 20 heavy (non-hydrogen) atoms. The third-order valence-electron chi connectivity index (χ3n) is 2.71. The van der Waals surface area contributed by atoms with Crippen LogP contribution in [0.2, 0.25) is 0 Å². The van der Waals surface area contributed by atoms with Gasteiger partial charge >= 0.3 is 5.69 Å². The molecule has 0 radical (unpaired) electrons. The number of hydrogen-bond acceptors (Lipinski definition) is 5. The minimum Gasteiger partial charge on any atom is -0.487 e. The highest BCUT2D eigenvalue weighted by Gasteiger charge is 2.20. The number of nitrogens with zero attached hydrogens (tertiary/aromatic N) is 1. The van der Waals surface area contributed by atoms with Gasteiger partial charge in [0.1, 0.15) is 5.69 Å². The van der Waals surface area contributed by atoms with Crippen LogP contribution in [0.15, 0.2) is 41.2 Å². The lowest BCUT2D eigenvalue weighted by Crippen LogP contribution is -2.05. The molecule has 0 saturated heterocycles. The second-order valence-electron chi connectivity index (χ2n) is 4.24. The van der Waals surface area contributed by atoms with Gasteiger partial charge in [-0.1, -0.05) is 13.0 Å². The lowest BCUT2D eigenvalue weighted by Gasteiger charge is -2.10. The molecule has 0 bridgehead atoms. The molecule has 0 aliphatic rings. The molecule has 1 aromatic heterocycles. The minimum absolute atomic E-state index is 0.0376. The summed E-state index contributed by atoms with van der Waals surface area (Å²) >= 11 is 0. The van der Waals surface area contributed by atoms with Gasteiger partial charge < -0.3 is 14.5 Å². The lowest BCUT2D eigenvalue weighted by atomic mass is 10.2. The van der Waals surface area contributed by atoms with Crippen LogP contribution in [0, 0.1) is 10.1 Å². The van der Waals surface area contributed by atoms with Gasteiger partial charge in [-0.25, -0.2) is 0 Å². The molecule has 6 heteroatoms. The van der Waals surface area contributed by atoms with E-state index in [0.29, 0.717) is 18.8 Å². The van der Waals surface area contributed by atoms with E-state index in [4.69, 9.17) is 9.15 Å². The Hall–Kier alpha value is -2.50. The maximum Gasteiger partial charge on any atom is 0.333 e. The van der Waals surface area contributed by atoms with Crippen LogP contribution in [0.3, 0.4) is 0 Å². The largest absolute Gasteiger partial charge is 0.487 e. The molecule has 106 valence electrons. The number of furan rings is 1. The highest BCUT2D eigenvalue weighted by Crippen LogP contribution is 2.35. The van der Waals surface area contributed by atoms with Crippen molar-refractivity contribution in [3.63, 3.8) is 0 Å². The number of nitro benzene ring substituents is 1. The zero-order valence-electron chi connectivity index (χ0n) is 11.2. The number of benzene rings is 1. The van der Waals surface area contributed by atoms with Crippen molar-refractivity contribution in [1.82, 2.24) is 0 Å². The summed E-state index contributed by atoms with van der Waals surface area (Å²) in [7, 11) is 0. The highest BCUT2D eigenvalue weighted by atomic mass is 16.6. The van der Waals surface area contributed by atoms with Gasteiger partial charge in [-0.15, -0.1) is 0 Å². The Balaban J connectivity index is 2.20. The van der Waals surface area contributed by atoms with Crippen LogP contribution >= 0.6 is 0 Å². The molecular weight excluding hydrogens is 260 g/mol. The zero-order chi connectivity index (χ0) is 14.4. The van der Waals surface area contributed by atoms with Crippen molar-refractivity contribution >= 4 is 11.4 Å². The van der Waals surface area contributed by atoms with Crippen molar-refractivity contribution in [3.8, 4) is 5.75 Å². The van der Waals surface area contributed by atoms with Gasteiger partial charge in [-0.05, 0) is 24.6 Å². The van der Waals surface area contributed by atoms with Crippen LogP contribution in [-0.2, 0) is 6.54 Å². The van der Waals surface area contributed by atoms with E-state index < -0.39 is 4.92 Å². The van der Waals surface area contributed by atoms with Gasteiger partial charge in [-0.3, -0.25) is 10.1 Å². The summed E-state index contributed by atoms with van der Waals surface area (Å²) < 4.78 is 10.4. The Labute approximate surface area is 116 Å². The van der Waals surface area contributed by atoms with Crippen molar-refractivity contribution in [1.29, 1.82) is 0 Å². The van der Waals surface area contributed by atoms with Crippen LogP contribution in [-0.4, -0.2) is 11.5 Å². The molecule has 0 unspecified atom stereocenters. The number of anilines is 1. The number of nitrogens with one attached hydrogen (secondary N) is 1. The van der Waals surface area contributed by atoms with Crippen molar-refractivity contribution < 1.29 is 14.1 Å². The summed E-state index contributed by atoms with van der Waals surface area (Å²) in [5.41, 5.74) is 1.31. The number of ether oxygens (including phenoxy) is 1. The summed E-state index contributed by atoms with van der Waals surface area (Å²) in [6.07, 6.45) is 3.95. The van der Waals surface area contributed by atoms with Gasteiger partial charge in [0.05, 0.1) is 24.1 Å². The van der Waals surface area contributed by atoms with E-state index in [-0.39, 0.29) is 11.4 Å². The van der Waals surface area contributed by atoms with E-state index in [9.17, 15) is 10.1 Å². The van der Waals surface area contributed by atoms with Crippen LogP contribution in [0.1, 0.15) is 18.9 Å². The molecule has 0 saturated carbocycles. The zero-order valence-corrected chi connectivity index (χ0v) is 11.2. The molecule has 0 atom stereocenters. The average molecular weight is 276 g/mol. The lowest BCUT2D eigenvalue weighted by molar-refractivity contribution is -0.385. The predicted molar refractivity (Wildman–Crippen MR) is 74.9 cm³/mol. The molecule has 1 aromatic carbocycles. The van der Waals surface area contributed by atoms with E-state index in [1.807, 2.05) is 6.92 Å². The molecule has 0 aliphatic carbocycles. The van der Waals surface area contributed by atoms with Gasteiger partial charge in [0.2, 0.25) is 0 Å². The van der Waals surface area contributed by atoms with E-state index in [0.717, 1.165) is 12.0 Å². The third kappa shape index (κ3) is 3.28. The van der Waals surface area contributed by atoms with Crippen LogP contribution in [0.5, 0.6) is 5.75 Å². The van der Waals surface area contributed by atoms with E-state index in [2.05, 4.69) is 5.32 Å². The van der Waals surface area contributed by atoms with Gasteiger partial charge in [0.25, 0.3) is 0 Å². The Morgan fingerprint density at radius 1 is 1.40 bits per heavy atom. The highest BCUT2D eigenvalue weighted by molar-refractivity contribution is 5.68. The summed E-state index contributed by atoms with van der Waals surface area (Å²) in [6.45, 7) is 2.85. The normalized spacial score (nSPS) is 10.2. The standard InChI is InChI=1S/C14H16N2O4/c1-2-7-20-13-5-3-4-12(14(13)16(17)18)15-9-11-6-8-19-10-11/h3-6,8,10,15H,2,7,9H2,1H3. The molecule has 0 aliphatic heterocycles. The van der Waals surface area contributed by atoms with Gasteiger partial charge in [0, 0.05) is 12.1 Å². The fraction of sp³-hybridized carbons (Fsp3) is 0.286. The van der Waals surface area contributed by atoms with E-state index >= 15 is 0 Å². The van der Waals surface area contributed by atoms with Crippen molar-refractivity contribution in [2.45, 2.75) is 19.9 Å². The molecule has 2 aromatic rings. The molecule has 2 rings (SSSR count). The van der Waals surface area contributed by atoms with Gasteiger partial charge in [-0.2, -0.15) is 0 Å². The average Bonchev–Trinajstić information content (AvgIpc) is 2.95. The molecule has 6 nitrogen and oxygen atoms in total. The Bertz CT molecular complexity index is 567. The first-order valence-electron chi connectivity index (χ1n) is 6.37. The summed E-state index contributed by atoms with van der Waals surface area (Å²) in [6, 6.07) is 6.81. The number of para-hydroxylation sites is 1. The van der Waals surface area contributed by atoms with Crippen LogP contribution in [0.4, 0.5) is 11.4 Å². The molecule has 0 amide bonds. The third-order valence-corrected chi connectivity index (χ3v) is 2.71. The van der Waals surface area contributed by atoms with Crippen molar-refractivity contribution in [2.75, 3.05) is 11.9 Å². The van der Waals surface area contributed by atoms with Crippen LogP contribution < -0.4 is 10.1 Å². The molecule has 1 heterocycles. The van der Waals surface area contributed by atoms with Gasteiger partial charge in [0.15, 0.2) is 5.75 Å². The van der Waals surface area contributed by atoms with E-state index in [1.165, 1.54) is 0 Å². The second-order valence-corrected chi connectivity index (χ2v) is 4.24. The second kappa shape index (κ2) is 6.60. The first-order valence-corrected chi connectivity index (χ1v) is 6.37. The quantitative estimate of drug-likeness (QED) is 0.617. The van der Waals surface area contributed by atoms with E-state index in [1.54, 1.807) is 36.8 Å². The summed E-state index contributed by atoms with van der Waals surface area (Å²) in [5, 5.41) is 14.3. The smallest absolute Gasteiger partial charge is 0.333 e. The minimum atomic E-state index is -0.428. The molecular formula is C14H16N2O4. The summed E-state index contributed by atoms with van der Waals surface area (Å²) in [5.74, 6) is 0.286. The first kappa shape index (κ1) is 13.9. The Morgan fingerprint density at radius 3 is 2.90 bits per heavy atom. The maximum absolute atomic E-state index is 11.2. The Kier molecular flexibility index (Phi) is 4.60. The molecule has 0 spiro atoms. The molecule has 1 N–H and O–H groups in total. The fourth-order valence-corrected chi connectivity index (χ4v) is 1.77. The number of nitro groups is 1. The number of hydrogen-bond donors (Lipinski definition) is 1. The fourth-order valence-electron chi connectivity index (χ4n) is 1.77. The predicted octanol–water partition coefficient (Wildman–Crippen LogP) is 3.59. The van der Waals surface area contributed by atoms with Crippen molar-refractivity contribution in [3.05, 3.63) is 52.5 Å². The van der Waals surface area contributed by atoms with Crippen molar-refractivity contribution in [2.24, 2.45) is 0 Å². The first-order chi connectivity index (χ1) is 9.72.